The number of likely N-dealkylation sites (tertiary alicyclic amines) is 1. The van der Waals surface area contributed by atoms with Gasteiger partial charge in [-0.1, -0.05) is 18.2 Å². The molecule has 0 amide bonds. The van der Waals surface area contributed by atoms with E-state index in [9.17, 15) is 0 Å². The van der Waals surface area contributed by atoms with Gasteiger partial charge in [-0.25, -0.2) is 0 Å². The SMILES string of the molecule is c1ccc2oc(CN3CCC(c4ccnc(-c5ccncc5)c4)C3)cc2c1. The van der Waals surface area contributed by atoms with E-state index in [0.29, 0.717) is 5.92 Å². The molecule has 1 unspecified atom stereocenters. The Labute approximate surface area is 158 Å². The van der Waals surface area contributed by atoms with Crippen LogP contribution in [0.15, 0.2) is 77.6 Å². The molecule has 0 saturated carbocycles. The molecule has 1 aliphatic heterocycles. The minimum atomic E-state index is 0.540. The molecule has 4 heterocycles. The first-order chi connectivity index (χ1) is 13.3. The lowest BCUT2D eigenvalue weighted by molar-refractivity contribution is 0.298. The number of hydrogen-bond donors (Lipinski definition) is 0. The van der Waals surface area contributed by atoms with Crippen LogP contribution in [0.25, 0.3) is 22.2 Å². The number of aromatic nitrogens is 2. The molecule has 0 aliphatic carbocycles. The molecule has 1 atom stereocenters. The van der Waals surface area contributed by atoms with Crippen molar-refractivity contribution in [2.45, 2.75) is 18.9 Å². The van der Waals surface area contributed by atoms with Gasteiger partial charge >= 0.3 is 0 Å². The summed E-state index contributed by atoms with van der Waals surface area (Å²) in [6, 6.07) is 18.8. The summed E-state index contributed by atoms with van der Waals surface area (Å²) in [4.78, 5) is 11.1. The van der Waals surface area contributed by atoms with Gasteiger partial charge in [0.15, 0.2) is 0 Å². The maximum atomic E-state index is 5.99. The standard InChI is InChI=1S/C23H21N3O/c1-2-4-23-19(3-1)13-21(27-23)16-26-12-8-20(15-26)18-7-11-25-22(14-18)17-5-9-24-10-6-17/h1-7,9-11,13-14,20H,8,12,15-16H2. The van der Waals surface area contributed by atoms with Gasteiger partial charge in [0.25, 0.3) is 0 Å². The van der Waals surface area contributed by atoms with Crippen LogP contribution in [0.5, 0.6) is 0 Å². The summed E-state index contributed by atoms with van der Waals surface area (Å²) in [5, 5.41) is 1.18. The molecule has 0 radical (unpaired) electrons. The van der Waals surface area contributed by atoms with Crippen LogP contribution < -0.4 is 0 Å². The molecule has 1 aliphatic rings. The number of furan rings is 1. The summed E-state index contributed by atoms with van der Waals surface area (Å²) >= 11 is 0. The summed E-state index contributed by atoms with van der Waals surface area (Å²) in [5.41, 5.74) is 4.47. The first-order valence-electron chi connectivity index (χ1n) is 9.41. The second-order valence-electron chi connectivity index (χ2n) is 7.18. The Balaban J connectivity index is 1.30. The Morgan fingerprint density at radius 2 is 1.89 bits per heavy atom. The van der Waals surface area contributed by atoms with Gasteiger partial charge < -0.3 is 4.42 Å². The molecule has 4 nitrogen and oxygen atoms in total. The van der Waals surface area contributed by atoms with E-state index in [-0.39, 0.29) is 0 Å². The lowest BCUT2D eigenvalue weighted by Crippen LogP contribution is -2.19. The third kappa shape index (κ3) is 3.36. The first-order valence-corrected chi connectivity index (χ1v) is 9.41. The molecule has 134 valence electrons. The van der Waals surface area contributed by atoms with Gasteiger partial charge in [0, 0.05) is 36.1 Å². The zero-order valence-corrected chi connectivity index (χ0v) is 15.1. The second-order valence-corrected chi connectivity index (χ2v) is 7.18. The van der Waals surface area contributed by atoms with E-state index in [2.05, 4.69) is 45.2 Å². The minimum Gasteiger partial charge on any atom is -0.460 e. The van der Waals surface area contributed by atoms with Crippen LogP contribution in [-0.4, -0.2) is 28.0 Å². The highest BCUT2D eigenvalue weighted by molar-refractivity contribution is 5.77. The monoisotopic (exact) mass is 355 g/mol. The molecule has 4 aromatic rings. The average Bonchev–Trinajstić information content (AvgIpc) is 3.35. The van der Waals surface area contributed by atoms with E-state index in [1.165, 1.54) is 17.4 Å². The van der Waals surface area contributed by atoms with Crippen LogP contribution in [0.1, 0.15) is 23.7 Å². The summed E-state index contributed by atoms with van der Waals surface area (Å²) in [7, 11) is 0. The van der Waals surface area contributed by atoms with E-state index in [4.69, 9.17) is 4.42 Å². The third-order valence-corrected chi connectivity index (χ3v) is 5.36. The zero-order chi connectivity index (χ0) is 18.1. The average molecular weight is 355 g/mol. The molecule has 1 saturated heterocycles. The van der Waals surface area contributed by atoms with Gasteiger partial charge in [-0.15, -0.1) is 0 Å². The van der Waals surface area contributed by atoms with Crippen LogP contribution >= 0.6 is 0 Å². The molecule has 4 heteroatoms. The number of benzene rings is 1. The fourth-order valence-electron chi connectivity index (χ4n) is 3.96. The van der Waals surface area contributed by atoms with Gasteiger partial charge in [0.05, 0.1) is 12.2 Å². The fraction of sp³-hybridized carbons (Fsp3) is 0.217. The zero-order valence-electron chi connectivity index (χ0n) is 15.1. The summed E-state index contributed by atoms with van der Waals surface area (Å²) in [6.07, 6.45) is 6.72. The van der Waals surface area contributed by atoms with Crippen molar-refractivity contribution in [1.82, 2.24) is 14.9 Å². The Morgan fingerprint density at radius 1 is 1.00 bits per heavy atom. The van der Waals surface area contributed by atoms with E-state index >= 15 is 0 Å². The van der Waals surface area contributed by atoms with Gasteiger partial charge in [0.2, 0.25) is 0 Å². The van der Waals surface area contributed by atoms with Crippen molar-refractivity contribution < 1.29 is 4.42 Å². The molecule has 1 fully saturated rings. The topological polar surface area (TPSA) is 42.2 Å². The predicted octanol–water partition coefficient (Wildman–Crippen LogP) is 4.88. The Kier molecular flexibility index (Phi) is 4.18. The second kappa shape index (κ2) is 6.97. The maximum Gasteiger partial charge on any atom is 0.134 e. The molecule has 1 aromatic carbocycles. The van der Waals surface area contributed by atoms with Gasteiger partial charge in [0.1, 0.15) is 11.3 Å². The molecule has 3 aromatic heterocycles. The number of pyridine rings is 2. The Hall–Kier alpha value is -2.98. The smallest absolute Gasteiger partial charge is 0.134 e. The highest BCUT2D eigenvalue weighted by atomic mass is 16.3. The number of fused-ring (bicyclic) bond motifs is 1. The highest BCUT2D eigenvalue weighted by Crippen LogP contribution is 2.30. The number of para-hydroxylation sites is 1. The lowest BCUT2D eigenvalue weighted by Gasteiger charge is -2.15. The minimum absolute atomic E-state index is 0.540. The van der Waals surface area contributed by atoms with Crippen LogP contribution in [-0.2, 0) is 6.54 Å². The quantitative estimate of drug-likeness (QED) is 0.523. The van der Waals surface area contributed by atoms with Crippen LogP contribution in [0, 0.1) is 0 Å². The van der Waals surface area contributed by atoms with E-state index < -0.39 is 0 Å². The van der Waals surface area contributed by atoms with Gasteiger partial charge in [-0.3, -0.25) is 14.9 Å². The van der Waals surface area contributed by atoms with Crippen molar-refractivity contribution in [3.8, 4) is 11.3 Å². The maximum absolute atomic E-state index is 5.99. The van der Waals surface area contributed by atoms with Crippen molar-refractivity contribution in [3.05, 3.63) is 84.5 Å². The van der Waals surface area contributed by atoms with Crippen molar-refractivity contribution in [2.24, 2.45) is 0 Å². The molecule has 27 heavy (non-hydrogen) atoms. The number of nitrogens with zero attached hydrogens (tertiary/aromatic N) is 3. The predicted molar refractivity (Wildman–Crippen MR) is 106 cm³/mol. The highest BCUT2D eigenvalue weighted by Gasteiger charge is 2.25. The van der Waals surface area contributed by atoms with Crippen molar-refractivity contribution >= 4 is 11.0 Å². The van der Waals surface area contributed by atoms with Crippen molar-refractivity contribution in [3.63, 3.8) is 0 Å². The molecule has 0 bridgehead atoms. The fourth-order valence-corrected chi connectivity index (χ4v) is 3.96. The van der Waals surface area contributed by atoms with Crippen LogP contribution in [0.2, 0.25) is 0 Å². The lowest BCUT2D eigenvalue weighted by atomic mass is 9.98. The molecule has 0 N–H and O–H groups in total. The van der Waals surface area contributed by atoms with Crippen molar-refractivity contribution in [2.75, 3.05) is 13.1 Å². The third-order valence-electron chi connectivity index (χ3n) is 5.36. The normalized spacial score (nSPS) is 17.6. The van der Waals surface area contributed by atoms with E-state index in [0.717, 1.165) is 42.2 Å². The van der Waals surface area contributed by atoms with Gasteiger partial charge in [-0.05, 0) is 60.8 Å². The van der Waals surface area contributed by atoms with Crippen LogP contribution in [0.4, 0.5) is 0 Å². The van der Waals surface area contributed by atoms with Gasteiger partial charge in [-0.2, -0.15) is 0 Å². The first kappa shape index (κ1) is 16.2. The molecule has 5 rings (SSSR count). The summed E-state index contributed by atoms with van der Waals surface area (Å²) < 4.78 is 5.99. The number of hydrogen-bond acceptors (Lipinski definition) is 4. The summed E-state index contributed by atoms with van der Waals surface area (Å²) in [6.45, 7) is 3.01. The van der Waals surface area contributed by atoms with E-state index in [1.54, 1.807) is 0 Å². The Morgan fingerprint density at radius 3 is 2.78 bits per heavy atom. The largest absolute Gasteiger partial charge is 0.460 e. The molecular weight excluding hydrogens is 334 g/mol. The summed E-state index contributed by atoms with van der Waals surface area (Å²) in [5.74, 6) is 1.59. The number of rotatable bonds is 4. The molecular formula is C23H21N3O. The molecule has 0 spiro atoms. The van der Waals surface area contributed by atoms with Crippen LogP contribution in [0.3, 0.4) is 0 Å². The van der Waals surface area contributed by atoms with Crippen molar-refractivity contribution in [1.29, 1.82) is 0 Å². The van der Waals surface area contributed by atoms with E-state index in [1.807, 2.05) is 42.9 Å². The Bertz CT molecular complexity index is 1020.